The number of hydrogen-bond donors (Lipinski definition) is 0. The Bertz CT molecular complexity index is 1170. The van der Waals surface area contributed by atoms with Crippen molar-refractivity contribution in [3.63, 3.8) is 0 Å². The Morgan fingerprint density at radius 2 is 0.625 bits per heavy atom. The Morgan fingerprint density at radius 3 is 1.02 bits per heavy atom. The molecule has 1 unspecified atom stereocenters. The summed E-state index contributed by atoms with van der Waals surface area (Å²) in [4.78, 5) is 38.0. The first-order valence-corrected chi connectivity index (χ1v) is 27.3. The van der Waals surface area contributed by atoms with Gasteiger partial charge in [-0.3, -0.25) is 14.4 Å². The Labute approximate surface area is 396 Å². The maximum atomic E-state index is 12.8. The van der Waals surface area contributed by atoms with Crippen LogP contribution in [0.4, 0.5) is 0 Å². The van der Waals surface area contributed by atoms with E-state index in [9.17, 15) is 14.4 Å². The SMILES string of the molecule is CC\C=C/C=C\C=C/C=C\CCCCCC(=O)OCC(COC(=O)CCCCCCCCCCCCCCCCCCCCC)OC(=O)CCCCC/C=C\CCCCCCCCC. The smallest absolute Gasteiger partial charge is 0.306 e. The second kappa shape index (κ2) is 52.7. The molecule has 64 heavy (non-hydrogen) atoms. The van der Waals surface area contributed by atoms with Gasteiger partial charge in [-0.2, -0.15) is 0 Å². The second-order valence-electron chi connectivity index (χ2n) is 18.2. The molecule has 0 amide bonds. The van der Waals surface area contributed by atoms with Crippen molar-refractivity contribution in [2.45, 2.75) is 277 Å². The molecule has 0 fully saturated rings. The zero-order chi connectivity index (χ0) is 46.5. The molecule has 0 N–H and O–H groups in total. The van der Waals surface area contributed by atoms with Crippen molar-refractivity contribution >= 4 is 17.9 Å². The molecule has 0 bridgehead atoms. The van der Waals surface area contributed by atoms with Crippen molar-refractivity contribution in [1.29, 1.82) is 0 Å². The van der Waals surface area contributed by atoms with Gasteiger partial charge in [0, 0.05) is 19.3 Å². The van der Waals surface area contributed by atoms with Crippen LogP contribution >= 0.6 is 0 Å². The van der Waals surface area contributed by atoms with Crippen LogP contribution in [-0.4, -0.2) is 37.2 Å². The van der Waals surface area contributed by atoms with Crippen LogP contribution in [0.25, 0.3) is 0 Å². The minimum atomic E-state index is -0.796. The minimum Gasteiger partial charge on any atom is -0.462 e. The molecule has 0 heterocycles. The summed E-state index contributed by atoms with van der Waals surface area (Å²) < 4.78 is 16.8. The molecule has 0 aromatic carbocycles. The summed E-state index contributed by atoms with van der Waals surface area (Å²) >= 11 is 0. The summed E-state index contributed by atoms with van der Waals surface area (Å²) in [5.41, 5.74) is 0. The number of allylic oxidation sites excluding steroid dienone is 10. The first kappa shape index (κ1) is 61.1. The fourth-order valence-corrected chi connectivity index (χ4v) is 7.74. The van der Waals surface area contributed by atoms with E-state index in [-0.39, 0.29) is 31.1 Å². The van der Waals surface area contributed by atoms with E-state index >= 15 is 0 Å². The molecular formula is C58H102O6. The first-order valence-electron chi connectivity index (χ1n) is 27.3. The molecule has 0 radical (unpaired) electrons. The van der Waals surface area contributed by atoms with E-state index in [0.29, 0.717) is 19.3 Å². The largest absolute Gasteiger partial charge is 0.462 e. The normalized spacial score (nSPS) is 12.5. The van der Waals surface area contributed by atoms with Crippen LogP contribution in [0.1, 0.15) is 271 Å². The molecule has 0 saturated carbocycles. The number of rotatable bonds is 49. The van der Waals surface area contributed by atoms with Crippen molar-refractivity contribution < 1.29 is 28.6 Å². The van der Waals surface area contributed by atoms with Gasteiger partial charge in [-0.1, -0.05) is 248 Å². The van der Waals surface area contributed by atoms with Crippen LogP contribution in [0.3, 0.4) is 0 Å². The average molecular weight is 895 g/mol. The highest BCUT2D eigenvalue weighted by Gasteiger charge is 2.19. The second-order valence-corrected chi connectivity index (χ2v) is 18.2. The fraction of sp³-hybridized carbons (Fsp3) is 0.776. The molecule has 0 rings (SSSR count). The topological polar surface area (TPSA) is 78.9 Å². The minimum absolute atomic E-state index is 0.0907. The zero-order valence-electron chi connectivity index (χ0n) is 42.3. The molecule has 0 aliphatic heterocycles. The summed E-state index contributed by atoms with van der Waals surface area (Å²) in [6, 6.07) is 0. The van der Waals surface area contributed by atoms with Crippen LogP contribution in [0.5, 0.6) is 0 Å². The Morgan fingerprint density at radius 1 is 0.328 bits per heavy atom. The predicted molar refractivity (Wildman–Crippen MR) is 275 cm³/mol. The van der Waals surface area contributed by atoms with Crippen LogP contribution in [-0.2, 0) is 28.6 Å². The lowest BCUT2D eigenvalue weighted by molar-refractivity contribution is -0.167. The number of carbonyl (C=O) groups is 3. The van der Waals surface area contributed by atoms with E-state index in [2.05, 4.69) is 51.2 Å². The van der Waals surface area contributed by atoms with Crippen molar-refractivity contribution in [3.8, 4) is 0 Å². The molecular weight excluding hydrogens is 793 g/mol. The Kier molecular flexibility index (Phi) is 50.4. The van der Waals surface area contributed by atoms with Crippen LogP contribution in [0, 0.1) is 0 Å². The van der Waals surface area contributed by atoms with Gasteiger partial charge in [0.25, 0.3) is 0 Å². The van der Waals surface area contributed by atoms with Gasteiger partial charge >= 0.3 is 17.9 Å². The van der Waals surface area contributed by atoms with Gasteiger partial charge < -0.3 is 14.2 Å². The maximum Gasteiger partial charge on any atom is 0.306 e. The summed E-state index contributed by atoms with van der Waals surface area (Å²) in [6.45, 7) is 6.47. The third kappa shape index (κ3) is 50.1. The lowest BCUT2D eigenvalue weighted by atomic mass is 10.0. The lowest BCUT2D eigenvalue weighted by Gasteiger charge is -2.18. The number of unbranched alkanes of at least 4 members (excludes halogenated alkanes) is 31. The monoisotopic (exact) mass is 895 g/mol. The number of hydrogen-bond acceptors (Lipinski definition) is 6. The van der Waals surface area contributed by atoms with Crippen molar-refractivity contribution in [2.24, 2.45) is 0 Å². The highest BCUT2D eigenvalue weighted by atomic mass is 16.6. The van der Waals surface area contributed by atoms with E-state index in [1.807, 2.05) is 30.4 Å². The molecule has 0 aliphatic rings. The van der Waals surface area contributed by atoms with Crippen molar-refractivity contribution in [1.82, 2.24) is 0 Å². The van der Waals surface area contributed by atoms with Crippen LogP contribution in [0.2, 0.25) is 0 Å². The highest BCUT2D eigenvalue weighted by Crippen LogP contribution is 2.16. The summed E-state index contributed by atoms with van der Waals surface area (Å²) in [5, 5.41) is 0. The van der Waals surface area contributed by atoms with E-state index in [0.717, 1.165) is 83.5 Å². The van der Waals surface area contributed by atoms with Crippen molar-refractivity contribution in [3.05, 3.63) is 60.8 Å². The molecule has 0 spiro atoms. The summed E-state index contributed by atoms with van der Waals surface area (Å²) in [5.74, 6) is -0.939. The molecule has 0 aliphatic carbocycles. The van der Waals surface area contributed by atoms with Gasteiger partial charge in [0.2, 0.25) is 0 Å². The van der Waals surface area contributed by atoms with Gasteiger partial charge in [0.1, 0.15) is 13.2 Å². The molecule has 370 valence electrons. The van der Waals surface area contributed by atoms with Gasteiger partial charge in [-0.15, -0.1) is 0 Å². The lowest BCUT2D eigenvalue weighted by Crippen LogP contribution is -2.30. The number of ether oxygens (including phenoxy) is 3. The number of esters is 3. The summed E-state index contributed by atoms with van der Waals surface area (Å²) in [6.07, 6.45) is 65.0. The Balaban J connectivity index is 4.37. The van der Waals surface area contributed by atoms with E-state index in [1.165, 1.54) is 148 Å². The molecule has 0 aromatic heterocycles. The van der Waals surface area contributed by atoms with E-state index in [1.54, 1.807) is 0 Å². The van der Waals surface area contributed by atoms with E-state index in [4.69, 9.17) is 14.2 Å². The number of carbonyl (C=O) groups excluding carboxylic acids is 3. The van der Waals surface area contributed by atoms with Crippen molar-refractivity contribution in [2.75, 3.05) is 13.2 Å². The molecule has 0 saturated heterocycles. The average Bonchev–Trinajstić information content (AvgIpc) is 3.29. The van der Waals surface area contributed by atoms with Gasteiger partial charge in [-0.25, -0.2) is 0 Å². The van der Waals surface area contributed by atoms with Gasteiger partial charge in [0.05, 0.1) is 0 Å². The van der Waals surface area contributed by atoms with Crippen LogP contribution in [0.15, 0.2) is 60.8 Å². The molecule has 1 atom stereocenters. The quantitative estimate of drug-likeness (QED) is 0.0199. The zero-order valence-corrected chi connectivity index (χ0v) is 42.3. The Hall–Kier alpha value is -2.89. The highest BCUT2D eigenvalue weighted by molar-refractivity contribution is 5.71. The maximum absolute atomic E-state index is 12.8. The van der Waals surface area contributed by atoms with E-state index < -0.39 is 6.10 Å². The molecule has 0 aromatic rings. The predicted octanol–water partition coefficient (Wildman–Crippen LogP) is 18.0. The van der Waals surface area contributed by atoms with Crippen LogP contribution < -0.4 is 0 Å². The van der Waals surface area contributed by atoms with Gasteiger partial charge in [0.15, 0.2) is 6.10 Å². The van der Waals surface area contributed by atoms with Gasteiger partial charge in [-0.05, 0) is 64.2 Å². The molecule has 6 heteroatoms. The third-order valence-corrected chi connectivity index (χ3v) is 11.9. The third-order valence-electron chi connectivity index (χ3n) is 11.9. The summed E-state index contributed by atoms with van der Waals surface area (Å²) in [7, 11) is 0. The fourth-order valence-electron chi connectivity index (χ4n) is 7.74. The first-order chi connectivity index (χ1) is 31.5. The standard InChI is InChI=1S/C58H102O6/c1-4-7-10-13-16-19-22-25-27-28-29-30-31-34-36-39-42-45-48-51-57(60)63-54-55(53-62-56(59)50-47-44-41-38-35-32-24-21-18-15-12-9-6-3)64-58(61)52-49-46-43-40-37-33-26-23-20-17-14-11-8-5-2/h9,12,15,18,21,24,32-33,35,37,55H,4-8,10-11,13-14,16-17,19-20,22-23,25-31,34,36,38-54H2,1-3H3/b12-9-,18-15-,24-21-,35-32-,37-33-. The molecule has 6 nitrogen and oxygen atoms in total.